The fraction of sp³-hybridized carbons (Fsp3) is 0.800. The fourth-order valence-corrected chi connectivity index (χ4v) is 0.177. The normalized spacial score (nSPS) is 5.29. The quantitative estimate of drug-likeness (QED) is 0.494. The summed E-state index contributed by atoms with van der Waals surface area (Å²) in [5.74, 6) is 6.06. The van der Waals surface area contributed by atoms with Crippen LogP contribution < -0.4 is 5.73 Å². The summed E-state index contributed by atoms with van der Waals surface area (Å²) in [6.45, 7) is 31.5. The molecule has 0 bridgehead atoms. The average molecular weight is 304 g/mol. The van der Waals surface area contributed by atoms with Gasteiger partial charge in [0.15, 0.2) is 0 Å². The van der Waals surface area contributed by atoms with E-state index in [1.807, 2.05) is 96.9 Å². The van der Waals surface area contributed by atoms with Crippen LogP contribution in [0, 0.1) is 17.8 Å². The molecule has 0 aromatic heterocycles. The molecule has 0 aromatic carbocycles. The van der Waals surface area contributed by atoms with E-state index >= 15 is 0 Å². The topological polar surface area (TPSA) is 26.0 Å². The van der Waals surface area contributed by atoms with Gasteiger partial charge in [-0.15, -0.1) is 11.8 Å². The minimum Gasteiger partial charge on any atom is -0.402 e. The van der Waals surface area contributed by atoms with Crippen LogP contribution in [-0.4, -0.2) is 0 Å². The van der Waals surface area contributed by atoms with E-state index in [0.717, 1.165) is 12.1 Å². The second-order valence-electron chi connectivity index (χ2n) is 2.51. The molecule has 1 nitrogen and oxygen atoms in total. The van der Waals surface area contributed by atoms with Gasteiger partial charge in [-0.3, -0.25) is 0 Å². The van der Waals surface area contributed by atoms with Crippen molar-refractivity contribution in [2.75, 3.05) is 0 Å². The van der Waals surface area contributed by atoms with Crippen LogP contribution in [-0.2, 0) is 0 Å². The Morgan fingerprint density at radius 3 is 1.05 bits per heavy atom. The standard InChI is InChI=1S/C5H11N.C5H8.5C2H6/c1-4(2)5(3)6;1-3-5-4-2;5*1-2/h4H,3,6H2,1-2H3;3H2,1-2H3;5*1-2H3. The van der Waals surface area contributed by atoms with Crippen LogP contribution in [0.4, 0.5) is 0 Å². The predicted molar refractivity (Wildman–Crippen MR) is 109 cm³/mol. The molecule has 0 aliphatic carbocycles. The Labute approximate surface area is 139 Å². The van der Waals surface area contributed by atoms with Crippen molar-refractivity contribution in [3.63, 3.8) is 0 Å². The molecule has 0 saturated heterocycles. The van der Waals surface area contributed by atoms with Gasteiger partial charge in [0, 0.05) is 12.1 Å². The molecule has 0 heterocycles. The minimum absolute atomic E-state index is 0.435. The molecular weight excluding hydrogens is 254 g/mol. The second-order valence-corrected chi connectivity index (χ2v) is 2.51. The number of rotatable bonds is 1. The summed E-state index contributed by atoms with van der Waals surface area (Å²) in [5.41, 5.74) is 6.00. The molecule has 1 heteroatoms. The first-order chi connectivity index (χ1) is 10.1. The van der Waals surface area contributed by atoms with Gasteiger partial charge in [-0.1, -0.05) is 96.6 Å². The van der Waals surface area contributed by atoms with Crippen molar-refractivity contribution in [3.8, 4) is 11.8 Å². The van der Waals surface area contributed by atoms with E-state index in [2.05, 4.69) is 18.4 Å². The molecule has 134 valence electrons. The summed E-state index contributed by atoms with van der Waals surface area (Å²) in [7, 11) is 0. The highest BCUT2D eigenvalue weighted by Gasteiger charge is 1.88. The Morgan fingerprint density at radius 2 is 1.05 bits per heavy atom. The molecule has 2 N–H and O–H groups in total. The molecule has 0 spiro atoms. The van der Waals surface area contributed by atoms with Crippen molar-refractivity contribution < 1.29 is 0 Å². The highest BCUT2D eigenvalue weighted by molar-refractivity contribution is 4.92. The van der Waals surface area contributed by atoms with E-state index in [-0.39, 0.29) is 0 Å². The maximum atomic E-state index is 5.24. The maximum absolute atomic E-state index is 5.24. The lowest BCUT2D eigenvalue weighted by molar-refractivity contribution is 0.761. The van der Waals surface area contributed by atoms with Crippen LogP contribution in [0.2, 0.25) is 0 Å². The summed E-state index contributed by atoms with van der Waals surface area (Å²) >= 11 is 0. The fourth-order valence-electron chi connectivity index (χ4n) is 0.177. The number of allylic oxidation sites excluding steroid dienone is 1. The van der Waals surface area contributed by atoms with Gasteiger partial charge in [-0.2, -0.15) is 0 Å². The first kappa shape index (κ1) is 42.7. The smallest absolute Gasteiger partial charge is 0.00601 e. The summed E-state index contributed by atoms with van der Waals surface area (Å²) in [6.07, 6.45) is 0.983. The van der Waals surface area contributed by atoms with Gasteiger partial charge in [0.25, 0.3) is 0 Å². The summed E-state index contributed by atoms with van der Waals surface area (Å²) in [5, 5.41) is 0. The van der Waals surface area contributed by atoms with Crippen LogP contribution in [0.3, 0.4) is 0 Å². The first-order valence-corrected chi connectivity index (χ1v) is 8.90. The van der Waals surface area contributed by atoms with Gasteiger partial charge in [0.1, 0.15) is 0 Å². The molecule has 0 fully saturated rings. The van der Waals surface area contributed by atoms with E-state index < -0.39 is 0 Å². The molecule has 0 aliphatic rings. The molecule has 0 atom stereocenters. The number of nitrogens with two attached hydrogens (primary N) is 1. The lowest BCUT2D eigenvalue weighted by Crippen LogP contribution is -2.01. The summed E-state index contributed by atoms with van der Waals surface area (Å²) in [6, 6.07) is 0. The van der Waals surface area contributed by atoms with Crippen molar-refractivity contribution in [1.29, 1.82) is 0 Å². The molecule has 0 saturated carbocycles. The second kappa shape index (κ2) is 95.4. The highest BCUT2D eigenvalue weighted by atomic mass is 14.6. The third kappa shape index (κ3) is 215. The zero-order valence-corrected chi connectivity index (χ0v) is 18.1. The van der Waals surface area contributed by atoms with Gasteiger partial charge < -0.3 is 5.73 Å². The van der Waals surface area contributed by atoms with Crippen molar-refractivity contribution in [3.05, 3.63) is 12.3 Å². The number of hydrogen-bond acceptors (Lipinski definition) is 1. The number of hydrogen-bond donors (Lipinski definition) is 1. The first-order valence-electron chi connectivity index (χ1n) is 8.90. The van der Waals surface area contributed by atoms with Crippen LogP contribution in [0.25, 0.3) is 0 Å². The molecular formula is C20H49N. The van der Waals surface area contributed by atoms with Crippen molar-refractivity contribution >= 4 is 0 Å². The molecule has 0 aliphatic heterocycles. The Hall–Kier alpha value is -0.900. The zero-order chi connectivity index (χ0) is 19.3. The van der Waals surface area contributed by atoms with Gasteiger partial charge in [0.2, 0.25) is 0 Å². The Balaban J connectivity index is -0.0000000237. The van der Waals surface area contributed by atoms with Crippen LogP contribution in [0.5, 0.6) is 0 Å². The van der Waals surface area contributed by atoms with Crippen molar-refractivity contribution in [1.82, 2.24) is 0 Å². The maximum Gasteiger partial charge on any atom is 0.00601 e. The third-order valence-electron chi connectivity index (χ3n) is 1.10. The minimum atomic E-state index is 0.435. The monoisotopic (exact) mass is 303 g/mol. The SMILES string of the molecule is C=C(N)C(C)C.CC.CC.CC.CC.CC.CC#CCC. The predicted octanol–water partition coefficient (Wildman–Crippen LogP) is 7.67. The van der Waals surface area contributed by atoms with Crippen LogP contribution in [0.15, 0.2) is 12.3 Å². The molecule has 0 amide bonds. The largest absolute Gasteiger partial charge is 0.402 e. The average Bonchev–Trinajstić information content (AvgIpc) is 2.58. The lowest BCUT2D eigenvalue weighted by atomic mass is 10.2. The van der Waals surface area contributed by atoms with E-state index in [9.17, 15) is 0 Å². The van der Waals surface area contributed by atoms with E-state index in [0.29, 0.717) is 5.92 Å². The Morgan fingerprint density at radius 1 is 0.857 bits per heavy atom. The van der Waals surface area contributed by atoms with Crippen LogP contribution in [0.1, 0.15) is 103 Å². The van der Waals surface area contributed by atoms with E-state index in [4.69, 9.17) is 5.73 Å². The summed E-state index contributed by atoms with van der Waals surface area (Å²) < 4.78 is 0. The lowest BCUT2D eigenvalue weighted by Gasteiger charge is -1.98. The van der Waals surface area contributed by atoms with Crippen LogP contribution >= 0.6 is 0 Å². The van der Waals surface area contributed by atoms with Gasteiger partial charge in [0.05, 0.1) is 0 Å². The highest BCUT2D eigenvalue weighted by Crippen LogP contribution is 1.95. The summed E-state index contributed by atoms with van der Waals surface area (Å²) in [4.78, 5) is 0. The van der Waals surface area contributed by atoms with Crippen molar-refractivity contribution in [2.45, 2.75) is 103 Å². The molecule has 0 unspecified atom stereocenters. The van der Waals surface area contributed by atoms with Gasteiger partial charge in [-0.05, 0) is 12.8 Å². The van der Waals surface area contributed by atoms with Gasteiger partial charge in [-0.25, -0.2) is 0 Å². The van der Waals surface area contributed by atoms with E-state index in [1.54, 1.807) is 0 Å². The Bertz CT molecular complexity index is 147. The van der Waals surface area contributed by atoms with Crippen molar-refractivity contribution in [2.24, 2.45) is 11.7 Å². The van der Waals surface area contributed by atoms with E-state index in [1.165, 1.54) is 0 Å². The third-order valence-corrected chi connectivity index (χ3v) is 1.10. The molecule has 21 heavy (non-hydrogen) atoms. The Kier molecular flexibility index (Phi) is 194. The molecule has 0 aromatic rings. The zero-order valence-electron chi connectivity index (χ0n) is 18.1. The van der Waals surface area contributed by atoms with Gasteiger partial charge >= 0.3 is 0 Å². The molecule has 0 radical (unpaired) electrons. The molecule has 0 rings (SSSR count).